The van der Waals surface area contributed by atoms with Gasteiger partial charge in [-0.15, -0.1) is 0 Å². The predicted octanol–water partition coefficient (Wildman–Crippen LogP) is 3.25. The minimum atomic E-state index is -1.05. The Bertz CT molecular complexity index is 407. The highest BCUT2D eigenvalue weighted by Gasteiger charge is 2.13. The first-order chi connectivity index (χ1) is 7.90. The topological polar surface area (TPSA) is 59.4 Å². The maximum atomic E-state index is 10.7. The summed E-state index contributed by atoms with van der Waals surface area (Å²) in [7, 11) is 0. The molecular formula is C12H16ClNO3. The Balaban J connectivity index is 2.75. The van der Waals surface area contributed by atoms with Gasteiger partial charge in [0.25, 0.3) is 0 Å². The van der Waals surface area contributed by atoms with Crippen LogP contribution in [0.2, 0.25) is 5.02 Å². The second kappa shape index (κ2) is 5.87. The molecule has 5 heteroatoms. The van der Waals surface area contributed by atoms with Crippen molar-refractivity contribution >= 4 is 17.6 Å². The molecule has 1 rings (SSSR count). The first-order valence-electron chi connectivity index (χ1n) is 5.45. The van der Waals surface area contributed by atoms with Crippen LogP contribution in [-0.2, 0) is 0 Å². The van der Waals surface area contributed by atoms with E-state index in [1.807, 2.05) is 6.92 Å². The molecule has 1 aromatic heterocycles. The molecule has 17 heavy (non-hydrogen) atoms. The van der Waals surface area contributed by atoms with Gasteiger partial charge in [0, 0.05) is 6.20 Å². The van der Waals surface area contributed by atoms with Crippen LogP contribution in [0, 0.1) is 5.92 Å². The van der Waals surface area contributed by atoms with Gasteiger partial charge in [0.2, 0.25) is 5.88 Å². The summed E-state index contributed by atoms with van der Waals surface area (Å²) < 4.78 is 5.55. The summed E-state index contributed by atoms with van der Waals surface area (Å²) in [6.45, 7) is 6.13. The summed E-state index contributed by atoms with van der Waals surface area (Å²) in [6, 6.07) is 1.34. The Kier molecular flexibility index (Phi) is 4.75. The average molecular weight is 258 g/mol. The van der Waals surface area contributed by atoms with E-state index in [-0.39, 0.29) is 22.6 Å². The van der Waals surface area contributed by atoms with E-state index >= 15 is 0 Å². The van der Waals surface area contributed by atoms with E-state index in [1.165, 1.54) is 12.3 Å². The van der Waals surface area contributed by atoms with Crippen molar-refractivity contribution < 1.29 is 14.6 Å². The number of aromatic carboxylic acids is 1. The van der Waals surface area contributed by atoms with Crippen molar-refractivity contribution in [3.8, 4) is 5.88 Å². The molecule has 0 saturated carbocycles. The molecular weight excluding hydrogens is 242 g/mol. The van der Waals surface area contributed by atoms with Crippen LogP contribution in [0.4, 0.5) is 0 Å². The summed E-state index contributed by atoms with van der Waals surface area (Å²) in [5, 5.41) is 8.98. The van der Waals surface area contributed by atoms with Crippen LogP contribution in [0.5, 0.6) is 5.88 Å². The Morgan fingerprint density at radius 3 is 2.65 bits per heavy atom. The third-order valence-corrected chi connectivity index (χ3v) is 2.44. The van der Waals surface area contributed by atoms with Crippen LogP contribution < -0.4 is 4.74 Å². The van der Waals surface area contributed by atoms with E-state index < -0.39 is 5.97 Å². The van der Waals surface area contributed by atoms with Crippen LogP contribution in [0.3, 0.4) is 0 Å². The lowest BCUT2D eigenvalue weighted by molar-refractivity contribution is 0.0696. The highest BCUT2D eigenvalue weighted by molar-refractivity contribution is 6.32. The van der Waals surface area contributed by atoms with Crippen molar-refractivity contribution in [3.05, 3.63) is 22.8 Å². The van der Waals surface area contributed by atoms with Crippen molar-refractivity contribution in [2.24, 2.45) is 5.92 Å². The molecule has 1 N–H and O–H groups in total. The van der Waals surface area contributed by atoms with E-state index in [9.17, 15) is 4.79 Å². The van der Waals surface area contributed by atoms with Gasteiger partial charge in [0.15, 0.2) is 0 Å². The molecule has 1 aromatic rings. The lowest BCUT2D eigenvalue weighted by atomic mass is 10.1. The summed E-state index contributed by atoms with van der Waals surface area (Å²) >= 11 is 5.90. The Hall–Kier alpha value is -1.29. The van der Waals surface area contributed by atoms with Gasteiger partial charge < -0.3 is 9.84 Å². The van der Waals surface area contributed by atoms with E-state index in [2.05, 4.69) is 18.8 Å². The van der Waals surface area contributed by atoms with Gasteiger partial charge in [0.1, 0.15) is 5.02 Å². The molecule has 0 saturated heterocycles. The fraction of sp³-hybridized carbons (Fsp3) is 0.500. The Morgan fingerprint density at radius 2 is 2.18 bits per heavy atom. The minimum absolute atomic E-state index is 0.00400. The quantitative estimate of drug-likeness (QED) is 0.880. The Morgan fingerprint density at radius 1 is 1.53 bits per heavy atom. The fourth-order valence-corrected chi connectivity index (χ4v) is 1.74. The van der Waals surface area contributed by atoms with Gasteiger partial charge >= 0.3 is 5.97 Å². The van der Waals surface area contributed by atoms with Crippen LogP contribution in [-0.4, -0.2) is 22.2 Å². The minimum Gasteiger partial charge on any atom is -0.478 e. The van der Waals surface area contributed by atoms with Crippen molar-refractivity contribution in [1.82, 2.24) is 4.98 Å². The molecule has 0 spiro atoms. The molecule has 0 amide bonds. The maximum Gasteiger partial charge on any atom is 0.337 e. The van der Waals surface area contributed by atoms with Gasteiger partial charge in [-0.05, 0) is 25.3 Å². The zero-order valence-electron chi connectivity index (χ0n) is 10.1. The second-order valence-electron chi connectivity index (χ2n) is 4.37. The van der Waals surface area contributed by atoms with Crippen molar-refractivity contribution in [1.29, 1.82) is 0 Å². The third-order valence-electron chi connectivity index (χ3n) is 2.17. The number of rotatable bonds is 5. The number of carboxylic acids is 1. The molecule has 0 aromatic carbocycles. The molecule has 94 valence electrons. The van der Waals surface area contributed by atoms with Gasteiger partial charge in [-0.25, -0.2) is 9.78 Å². The van der Waals surface area contributed by atoms with Gasteiger partial charge in [-0.3, -0.25) is 0 Å². The normalized spacial score (nSPS) is 12.5. The lowest BCUT2D eigenvalue weighted by Gasteiger charge is -2.16. The zero-order chi connectivity index (χ0) is 13.0. The van der Waals surface area contributed by atoms with Crippen LogP contribution in [0.25, 0.3) is 0 Å². The summed E-state index contributed by atoms with van der Waals surface area (Å²) in [4.78, 5) is 14.6. The molecule has 0 aliphatic carbocycles. The molecule has 1 unspecified atom stereocenters. The first-order valence-corrected chi connectivity index (χ1v) is 5.83. The molecule has 0 bridgehead atoms. The van der Waals surface area contributed by atoms with Crippen LogP contribution in [0.1, 0.15) is 37.6 Å². The third kappa shape index (κ3) is 4.23. The standard InChI is InChI=1S/C12H16ClNO3/c1-7(2)4-8(3)17-11-10(13)5-9(6-14-11)12(15)16/h5-8H,4H2,1-3H3,(H,15,16). The number of halogens is 1. The number of aromatic nitrogens is 1. The van der Waals surface area contributed by atoms with Gasteiger partial charge in [-0.1, -0.05) is 25.4 Å². The Labute approximate surface area is 106 Å². The second-order valence-corrected chi connectivity index (χ2v) is 4.78. The maximum absolute atomic E-state index is 10.7. The first kappa shape index (κ1) is 13.8. The molecule has 4 nitrogen and oxygen atoms in total. The number of pyridine rings is 1. The molecule has 0 fully saturated rings. The molecule has 1 heterocycles. The number of ether oxygens (including phenoxy) is 1. The zero-order valence-corrected chi connectivity index (χ0v) is 10.9. The van der Waals surface area contributed by atoms with E-state index in [0.717, 1.165) is 6.42 Å². The van der Waals surface area contributed by atoms with E-state index in [4.69, 9.17) is 21.4 Å². The van der Waals surface area contributed by atoms with E-state index in [1.54, 1.807) is 0 Å². The highest BCUT2D eigenvalue weighted by atomic mass is 35.5. The molecule has 1 atom stereocenters. The predicted molar refractivity (Wildman–Crippen MR) is 65.8 cm³/mol. The largest absolute Gasteiger partial charge is 0.478 e. The highest BCUT2D eigenvalue weighted by Crippen LogP contribution is 2.24. The number of hydrogen-bond donors (Lipinski definition) is 1. The van der Waals surface area contributed by atoms with Gasteiger partial charge in [-0.2, -0.15) is 0 Å². The fourth-order valence-electron chi connectivity index (χ4n) is 1.53. The number of carbonyl (C=O) groups is 1. The smallest absolute Gasteiger partial charge is 0.337 e. The van der Waals surface area contributed by atoms with Gasteiger partial charge in [0.05, 0.1) is 11.7 Å². The average Bonchev–Trinajstić information content (AvgIpc) is 2.19. The molecule has 0 aliphatic rings. The van der Waals surface area contributed by atoms with Crippen molar-refractivity contribution in [3.63, 3.8) is 0 Å². The van der Waals surface area contributed by atoms with Crippen LogP contribution >= 0.6 is 11.6 Å². The molecule has 0 aliphatic heterocycles. The van der Waals surface area contributed by atoms with Crippen LogP contribution in [0.15, 0.2) is 12.3 Å². The number of carboxylic acid groups (broad SMARTS) is 1. The number of nitrogens with zero attached hydrogens (tertiary/aromatic N) is 1. The van der Waals surface area contributed by atoms with Crippen molar-refractivity contribution in [2.75, 3.05) is 0 Å². The summed E-state index contributed by atoms with van der Waals surface area (Å²) in [5.74, 6) is -0.256. The monoisotopic (exact) mass is 257 g/mol. The summed E-state index contributed by atoms with van der Waals surface area (Å²) in [5.41, 5.74) is 0.0545. The SMILES string of the molecule is CC(C)CC(C)Oc1ncc(C(=O)O)cc1Cl. The van der Waals surface area contributed by atoms with Crippen molar-refractivity contribution in [2.45, 2.75) is 33.3 Å². The lowest BCUT2D eigenvalue weighted by Crippen LogP contribution is -2.15. The number of hydrogen-bond acceptors (Lipinski definition) is 3. The summed E-state index contributed by atoms with van der Waals surface area (Å²) in [6.07, 6.45) is 2.13. The van der Waals surface area contributed by atoms with E-state index in [0.29, 0.717) is 5.92 Å². The molecule has 0 radical (unpaired) electrons.